The molecule has 0 radical (unpaired) electrons. The molecule has 0 saturated carbocycles. The summed E-state index contributed by atoms with van der Waals surface area (Å²) in [6.45, 7) is 4.20. The monoisotopic (exact) mass is 378 g/mol. The van der Waals surface area contributed by atoms with Crippen LogP contribution < -0.4 is 4.90 Å². The fourth-order valence-electron chi connectivity index (χ4n) is 2.04. The standard InChI is InChI=1S/C12H14N2O4.HI/c1-3-6-13-11-5-4-9(14(16)17)7-10(11)8(2)18-12(13)15;/h4-5,7-8H,3,6H2,1-2H3;1H. The van der Waals surface area contributed by atoms with Crippen molar-refractivity contribution in [2.45, 2.75) is 26.4 Å². The number of hydrogen-bond donors (Lipinski definition) is 0. The third-order valence-electron chi connectivity index (χ3n) is 2.90. The molecule has 1 aliphatic rings. The molecule has 1 heterocycles. The lowest BCUT2D eigenvalue weighted by Gasteiger charge is -2.32. The number of nitrogens with zero attached hydrogens (tertiary/aromatic N) is 2. The van der Waals surface area contributed by atoms with E-state index in [2.05, 4.69) is 0 Å². The molecule has 0 aromatic heterocycles. The predicted octanol–water partition coefficient (Wildman–Crippen LogP) is 3.64. The number of cyclic esters (lactones) is 1. The van der Waals surface area contributed by atoms with Crippen molar-refractivity contribution in [1.82, 2.24) is 0 Å². The van der Waals surface area contributed by atoms with E-state index in [0.717, 1.165) is 6.42 Å². The second-order valence-corrected chi connectivity index (χ2v) is 4.18. The molecule has 0 fully saturated rings. The van der Waals surface area contributed by atoms with Crippen LogP contribution in [-0.4, -0.2) is 17.6 Å². The number of anilines is 1. The van der Waals surface area contributed by atoms with Crippen LogP contribution in [0.3, 0.4) is 0 Å². The summed E-state index contributed by atoms with van der Waals surface area (Å²) in [5, 5.41) is 10.7. The van der Waals surface area contributed by atoms with E-state index in [9.17, 15) is 14.9 Å². The van der Waals surface area contributed by atoms with Crippen LogP contribution in [0.15, 0.2) is 18.2 Å². The molecule has 1 aromatic carbocycles. The fraction of sp³-hybridized carbons (Fsp3) is 0.417. The van der Waals surface area contributed by atoms with Crippen molar-refractivity contribution in [2.75, 3.05) is 11.4 Å². The Morgan fingerprint density at radius 3 is 2.74 bits per heavy atom. The molecule has 1 unspecified atom stereocenters. The lowest BCUT2D eigenvalue weighted by molar-refractivity contribution is -0.385. The van der Waals surface area contributed by atoms with Crippen LogP contribution in [-0.2, 0) is 4.74 Å². The van der Waals surface area contributed by atoms with Crippen molar-refractivity contribution in [1.29, 1.82) is 0 Å². The first kappa shape index (κ1) is 15.7. The summed E-state index contributed by atoms with van der Waals surface area (Å²) in [5.74, 6) is 0. The van der Waals surface area contributed by atoms with Crippen molar-refractivity contribution in [2.24, 2.45) is 0 Å². The highest BCUT2D eigenvalue weighted by molar-refractivity contribution is 14.0. The Hall–Kier alpha value is -1.38. The minimum absolute atomic E-state index is 0. The van der Waals surface area contributed by atoms with Gasteiger partial charge >= 0.3 is 6.09 Å². The van der Waals surface area contributed by atoms with Crippen molar-refractivity contribution >= 4 is 41.4 Å². The van der Waals surface area contributed by atoms with Gasteiger partial charge in [-0.05, 0) is 19.4 Å². The maximum absolute atomic E-state index is 11.7. The topological polar surface area (TPSA) is 72.7 Å². The number of amides is 1. The van der Waals surface area contributed by atoms with Gasteiger partial charge in [-0.1, -0.05) is 6.92 Å². The SMILES string of the molecule is CCCN1C(=O)OC(C)c2cc([N+](=O)[O-])ccc21.I. The summed E-state index contributed by atoms with van der Waals surface area (Å²) in [5.41, 5.74) is 1.39. The summed E-state index contributed by atoms with van der Waals surface area (Å²) in [6, 6.07) is 4.49. The third kappa shape index (κ3) is 2.96. The van der Waals surface area contributed by atoms with Gasteiger partial charge in [0.2, 0.25) is 0 Å². The quantitative estimate of drug-likeness (QED) is 0.457. The lowest BCUT2D eigenvalue weighted by atomic mass is 10.0. The van der Waals surface area contributed by atoms with E-state index in [0.29, 0.717) is 17.8 Å². The number of fused-ring (bicyclic) bond motifs is 1. The number of nitro benzene ring substituents is 1. The van der Waals surface area contributed by atoms with Crippen LogP contribution in [0.1, 0.15) is 31.9 Å². The summed E-state index contributed by atoms with van der Waals surface area (Å²) >= 11 is 0. The van der Waals surface area contributed by atoms with Gasteiger partial charge in [-0.3, -0.25) is 15.0 Å². The highest BCUT2D eigenvalue weighted by Gasteiger charge is 2.31. The predicted molar refractivity (Wildman–Crippen MR) is 81.0 cm³/mol. The Morgan fingerprint density at radius 2 is 2.16 bits per heavy atom. The Morgan fingerprint density at radius 1 is 1.47 bits per heavy atom. The van der Waals surface area contributed by atoms with Gasteiger partial charge in [0.15, 0.2) is 0 Å². The molecule has 6 nitrogen and oxygen atoms in total. The molecule has 1 aliphatic heterocycles. The van der Waals surface area contributed by atoms with Crippen molar-refractivity contribution in [3.63, 3.8) is 0 Å². The second kappa shape index (κ2) is 6.18. The van der Waals surface area contributed by atoms with Gasteiger partial charge in [-0.25, -0.2) is 4.79 Å². The van der Waals surface area contributed by atoms with Crippen LogP contribution in [0.2, 0.25) is 0 Å². The van der Waals surface area contributed by atoms with Gasteiger partial charge in [-0.15, -0.1) is 24.0 Å². The molecule has 0 saturated heterocycles. The first-order valence-corrected chi connectivity index (χ1v) is 5.81. The van der Waals surface area contributed by atoms with Crippen LogP contribution in [0.5, 0.6) is 0 Å². The van der Waals surface area contributed by atoms with Gasteiger partial charge in [0.25, 0.3) is 5.69 Å². The molecular formula is C12H15IN2O4. The van der Waals surface area contributed by atoms with E-state index in [4.69, 9.17) is 4.74 Å². The molecule has 0 N–H and O–H groups in total. The smallest absolute Gasteiger partial charge is 0.414 e. The van der Waals surface area contributed by atoms with Gasteiger partial charge < -0.3 is 4.74 Å². The number of carbonyl (C=O) groups excluding carboxylic acids is 1. The molecule has 104 valence electrons. The molecule has 1 atom stereocenters. The number of nitro groups is 1. The van der Waals surface area contributed by atoms with Crippen LogP contribution in [0.25, 0.3) is 0 Å². The number of halogens is 1. The Bertz CT molecular complexity index is 507. The number of carbonyl (C=O) groups is 1. The van der Waals surface area contributed by atoms with Gasteiger partial charge in [0.05, 0.1) is 10.6 Å². The average molecular weight is 378 g/mol. The van der Waals surface area contributed by atoms with Crippen LogP contribution >= 0.6 is 24.0 Å². The Kier molecular flexibility index (Phi) is 5.10. The van der Waals surface area contributed by atoms with E-state index in [1.165, 1.54) is 17.0 Å². The Labute approximate surface area is 127 Å². The molecule has 0 aliphatic carbocycles. The van der Waals surface area contributed by atoms with E-state index >= 15 is 0 Å². The summed E-state index contributed by atoms with van der Waals surface area (Å²) < 4.78 is 5.18. The van der Waals surface area contributed by atoms with Gasteiger partial charge in [0, 0.05) is 24.2 Å². The molecule has 1 aromatic rings. The molecule has 19 heavy (non-hydrogen) atoms. The molecule has 1 amide bonds. The van der Waals surface area contributed by atoms with E-state index in [1.807, 2.05) is 6.92 Å². The fourth-order valence-corrected chi connectivity index (χ4v) is 2.04. The normalized spacial score (nSPS) is 17.3. The Balaban J connectivity index is 0.00000180. The molecule has 2 rings (SSSR count). The molecule has 7 heteroatoms. The molecule has 0 bridgehead atoms. The number of rotatable bonds is 3. The van der Waals surface area contributed by atoms with E-state index < -0.39 is 17.1 Å². The van der Waals surface area contributed by atoms with Gasteiger partial charge in [0.1, 0.15) is 6.10 Å². The van der Waals surface area contributed by atoms with E-state index in [-0.39, 0.29) is 29.7 Å². The first-order chi connectivity index (χ1) is 8.54. The zero-order valence-corrected chi connectivity index (χ0v) is 13.0. The highest BCUT2D eigenvalue weighted by Crippen LogP contribution is 2.36. The number of benzene rings is 1. The average Bonchev–Trinajstić information content (AvgIpc) is 2.33. The lowest BCUT2D eigenvalue weighted by Crippen LogP contribution is -2.37. The van der Waals surface area contributed by atoms with Crippen LogP contribution in [0.4, 0.5) is 16.2 Å². The molecule has 0 spiro atoms. The number of ether oxygens (including phenoxy) is 1. The van der Waals surface area contributed by atoms with Crippen molar-refractivity contribution < 1.29 is 14.5 Å². The zero-order valence-electron chi connectivity index (χ0n) is 10.7. The number of hydrogen-bond acceptors (Lipinski definition) is 4. The second-order valence-electron chi connectivity index (χ2n) is 4.18. The summed E-state index contributed by atoms with van der Waals surface area (Å²) in [7, 11) is 0. The first-order valence-electron chi connectivity index (χ1n) is 5.81. The van der Waals surface area contributed by atoms with Crippen LogP contribution in [0, 0.1) is 10.1 Å². The minimum atomic E-state index is -0.458. The number of non-ortho nitro benzene ring substituents is 1. The van der Waals surface area contributed by atoms with E-state index in [1.54, 1.807) is 13.0 Å². The zero-order chi connectivity index (χ0) is 13.3. The maximum Gasteiger partial charge on any atom is 0.414 e. The third-order valence-corrected chi connectivity index (χ3v) is 2.90. The molecular weight excluding hydrogens is 363 g/mol. The highest BCUT2D eigenvalue weighted by atomic mass is 127. The maximum atomic E-state index is 11.7. The summed E-state index contributed by atoms with van der Waals surface area (Å²) in [6.07, 6.45) is -0.0638. The largest absolute Gasteiger partial charge is 0.441 e. The minimum Gasteiger partial charge on any atom is -0.441 e. The summed E-state index contributed by atoms with van der Waals surface area (Å²) in [4.78, 5) is 23.6. The van der Waals surface area contributed by atoms with Crippen molar-refractivity contribution in [3.8, 4) is 0 Å². The van der Waals surface area contributed by atoms with Crippen molar-refractivity contribution in [3.05, 3.63) is 33.9 Å². The van der Waals surface area contributed by atoms with Gasteiger partial charge in [-0.2, -0.15) is 0 Å².